The predicted molar refractivity (Wildman–Crippen MR) is 99.1 cm³/mol. The van der Waals surface area contributed by atoms with Gasteiger partial charge in [-0.3, -0.25) is 0 Å². The standard InChI is InChI=1S/C16H17BrN6O/c1-3-5-12-13(17)14(18)23-15(22-12)20-10-6-8-11(9-7-10)21-16(24)19-4-2/h1,6-9H,4-5H2,2H3,(H2,19,21,24)(H3,18,20,22,23). The monoisotopic (exact) mass is 388 g/mol. The Hall–Kier alpha value is -2.79. The van der Waals surface area contributed by atoms with Crippen LogP contribution in [0.15, 0.2) is 28.7 Å². The van der Waals surface area contributed by atoms with Crippen molar-refractivity contribution in [3.05, 3.63) is 34.4 Å². The Morgan fingerprint density at radius 1 is 1.29 bits per heavy atom. The average Bonchev–Trinajstić information content (AvgIpc) is 2.54. The van der Waals surface area contributed by atoms with E-state index in [0.29, 0.717) is 40.6 Å². The Balaban J connectivity index is 2.11. The first-order valence-corrected chi connectivity index (χ1v) is 8.00. The van der Waals surface area contributed by atoms with Crippen LogP contribution in [0.5, 0.6) is 0 Å². The molecule has 0 saturated heterocycles. The van der Waals surface area contributed by atoms with E-state index in [2.05, 4.69) is 47.8 Å². The Morgan fingerprint density at radius 2 is 1.96 bits per heavy atom. The van der Waals surface area contributed by atoms with Crippen molar-refractivity contribution in [1.29, 1.82) is 0 Å². The fourth-order valence-electron chi connectivity index (χ4n) is 1.88. The second-order valence-electron chi connectivity index (χ2n) is 4.76. The van der Waals surface area contributed by atoms with Crippen LogP contribution in [0.25, 0.3) is 0 Å². The maximum Gasteiger partial charge on any atom is 0.319 e. The molecule has 0 spiro atoms. The topological polar surface area (TPSA) is 105 Å². The number of nitrogens with zero attached hydrogens (tertiary/aromatic N) is 2. The van der Waals surface area contributed by atoms with Gasteiger partial charge < -0.3 is 21.7 Å². The molecule has 0 atom stereocenters. The molecular formula is C16H17BrN6O. The smallest absolute Gasteiger partial charge is 0.319 e. The highest BCUT2D eigenvalue weighted by atomic mass is 79.9. The van der Waals surface area contributed by atoms with Crippen molar-refractivity contribution in [3.8, 4) is 12.3 Å². The summed E-state index contributed by atoms with van der Waals surface area (Å²) >= 11 is 3.33. The van der Waals surface area contributed by atoms with Crippen LogP contribution in [-0.4, -0.2) is 22.5 Å². The molecule has 2 aromatic rings. The van der Waals surface area contributed by atoms with Gasteiger partial charge >= 0.3 is 6.03 Å². The number of hydrogen-bond acceptors (Lipinski definition) is 5. The number of carbonyl (C=O) groups excluding carboxylic acids is 1. The van der Waals surface area contributed by atoms with E-state index in [-0.39, 0.29) is 6.03 Å². The van der Waals surface area contributed by atoms with Crippen LogP contribution < -0.4 is 21.7 Å². The number of rotatable bonds is 5. The third-order valence-corrected chi connectivity index (χ3v) is 3.82. The van der Waals surface area contributed by atoms with Crippen LogP contribution in [0.1, 0.15) is 12.6 Å². The normalized spacial score (nSPS) is 9.88. The molecule has 1 aromatic heterocycles. The molecule has 0 saturated carbocycles. The van der Waals surface area contributed by atoms with E-state index >= 15 is 0 Å². The van der Waals surface area contributed by atoms with Crippen LogP contribution >= 0.6 is 15.9 Å². The lowest BCUT2D eigenvalue weighted by Gasteiger charge is -2.10. The fraction of sp³-hybridized carbons (Fsp3) is 0.188. The molecule has 0 bridgehead atoms. The Morgan fingerprint density at radius 3 is 2.58 bits per heavy atom. The molecule has 8 heteroatoms. The first kappa shape index (κ1) is 17.6. The van der Waals surface area contributed by atoms with E-state index in [1.807, 2.05) is 6.92 Å². The number of terminal acetylenes is 1. The molecule has 0 aliphatic carbocycles. The summed E-state index contributed by atoms with van der Waals surface area (Å²) in [5.41, 5.74) is 7.92. The Bertz CT molecular complexity index is 769. The third kappa shape index (κ3) is 4.60. The van der Waals surface area contributed by atoms with Crippen molar-refractivity contribution in [2.75, 3.05) is 22.9 Å². The number of carbonyl (C=O) groups is 1. The van der Waals surface area contributed by atoms with Gasteiger partial charge in [0.2, 0.25) is 5.95 Å². The SMILES string of the molecule is C#CCc1nc(Nc2ccc(NC(=O)NCC)cc2)nc(N)c1Br. The van der Waals surface area contributed by atoms with Crippen molar-refractivity contribution in [2.45, 2.75) is 13.3 Å². The molecule has 1 aromatic carbocycles. The zero-order valence-electron chi connectivity index (χ0n) is 13.1. The van der Waals surface area contributed by atoms with E-state index in [4.69, 9.17) is 12.2 Å². The molecule has 2 amide bonds. The van der Waals surface area contributed by atoms with Gasteiger partial charge in [-0.15, -0.1) is 12.3 Å². The van der Waals surface area contributed by atoms with Crippen LogP contribution in [-0.2, 0) is 6.42 Å². The maximum atomic E-state index is 11.5. The summed E-state index contributed by atoms with van der Waals surface area (Å²) in [6, 6.07) is 6.87. The lowest BCUT2D eigenvalue weighted by atomic mass is 10.3. The molecule has 124 valence electrons. The van der Waals surface area contributed by atoms with Gasteiger partial charge in [-0.05, 0) is 47.1 Å². The van der Waals surface area contributed by atoms with Gasteiger partial charge in [0.25, 0.3) is 0 Å². The molecule has 0 fully saturated rings. The fourth-order valence-corrected chi connectivity index (χ4v) is 2.20. The molecule has 0 aliphatic heterocycles. The highest BCUT2D eigenvalue weighted by molar-refractivity contribution is 9.10. The van der Waals surface area contributed by atoms with Crippen molar-refractivity contribution in [1.82, 2.24) is 15.3 Å². The second kappa shape index (κ2) is 8.17. The first-order chi connectivity index (χ1) is 11.5. The van der Waals surface area contributed by atoms with Gasteiger partial charge in [-0.1, -0.05) is 0 Å². The zero-order valence-corrected chi connectivity index (χ0v) is 14.6. The number of amides is 2. The minimum absolute atomic E-state index is 0.249. The van der Waals surface area contributed by atoms with E-state index in [0.717, 1.165) is 5.69 Å². The third-order valence-electron chi connectivity index (χ3n) is 2.95. The van der Waals surface area contributed by atoms with E-state index in [1.165, 1.54) is 0 Å². The predicted octanol–water partition coefficient (Wildman–Crippen LogP) is 2.88. The minimum atomic E-state index is -0.249. The van der Waals surface area contributed by atoms with Gasteiger partial charge in [0.1, 0.15) is 5.82 Å². The quantitative estimate of drug-likeness (QED) is 0.589. The van der Waals surface area contributed by atoms with Crippen LogP contribution in [0.2, 0.25) is 0 Å². The number of aromatic nitrogens is 2. The van der Waals surface area contributed by atoms with Crippen molar-refractivity contribution in [3.63, 3.8) is 0 Å². The van der Waals surface area contributed by atoms with E-state index in [9.17, 15) is 4.79 Å². The maximum absolute atomic E-state index is 11.5. The minimum Gasteiger partial charge on any atom is -0.383 e. The Labute approximate surface area is 148 Å². The highest BCUT2D eigenvalue weighted by Crippen LogP contribution is 2.24. The molecule has 0 unspecified atom stereocenters. The number of halogens is 1. The number of urea groups is 1. The molecule has 0 radical (unpaired) electrons. The number of benzene rings is 1. The number of nitrogen functional groups attached to an aromatic ring is 1. The van der Waals surface area contributed by atoms with Crippen LogP contribution in [0.3, 0.4) is 0 Å². The van der Waals surface area contributed by atoms with Gasteiger partial charge in [-0.25, -0.2) is 9.78 Å². The van der Waals surface area contributed by atoms with Gasteiger partial charge in [0.05, 0.1) is 16.6 Å². The van der Waals surface area contributed by atoms with E-state index in [1.54, 1.807) is 24.3 Å². The number of nitrogens with two attached hydrogens (primary N) is 1. The summed E-state index contributed by atoms with van der Waals surface area (Å²) in [5, 5.41) is 8.43. The largest absolute Gasteiger partial charge is 0.383 e. The number of anilines is 4. The molecule has 0 aliphatic rings. The summed E-state index contributed by atoms with van der Waals surface area (Å²) in [4.78, 5) is 20.0. The molecular weight excluding hydrogens is 372 g/mol. The lowest BCUT2D eigenvalue weighted by molar-refractivity contribution is 0.252. The molecule has 7 nitrogen and oxygen atoms in total. The summed E-state index contributed by atoms with van der Waals surface area (Å²) in [5.74, 6) is 3.19. The zero-order chi connectivity index (χ0) is 17.5. The van der Waals surface area contributed by atoms with Gasteiger partial charge in [0.15, 0.2) is 0 Å². The average molecular weight is 389 g/mol. The van der Waals surface area contributed by atoms with Crippen molar-refractivity contribution in [2.24, 2.45) is 0 Å². The summed E-state index contributed by atoms with van der Waals surface area (Å²) < 4.78 is 0.604. The first-order valence-electron chi connectivity index (χ1n) is 7.20. The summed E-state index contributed by atoms with van der Waals surface area (Å²) in [7, 11) is 0. The summed E-state index contributed by atoms with van der Waals surface area (Å²) in [6.07, 6.45) is 5.67. The van der Waals surface area contributed by atoms with Crippen LogP contribution in [0.4, 0.5) is 27.9 Å². The molecule has 5 N–H and O–H groups in total. The second-order valence-corrected chi connectivity index (χ2v) is 5.55. The van der Waals surface area contributed by atoms with Gasteiger partial charge in [-0.2, -0.15) is 4.98 Å². The number of nitrogens with one attached hydrogen (secondary N) is 3. The van der Waals surface area contributed by atoms with Crippen LogP contribution in [0, 0.1) is 12.3 Å². The van der Waals surface area contributed by atoms with Gasteiger partial charge in [0, 0.05) is 17.9 Å². The number of hydrogen-bond donors (Lipinski definition) is 4. The summed E-state index contributed by atoms with van der Waals surface area (Å²) in [6.45, 7) is 2.42. The Kier molecular flexibility index (Phi) is 5.98. The highest BCUT2D eigenvalue weighted by Gasteiger charge is 2.09. The van der Waals surface area contributed by atoms with E-state index < -0.39 is 0 Å². The molecule has 1 heterocycles. The molecule has 24 heavy (non-hydrogen) atoms. The molecule has 2 rings (SSSR count). The van der Waals surface area contributed by atoms with Crippen molar-refractivity contribution >= 4 is 45.1 Å². The van der Waals surface area contributed by atoms with Crippen molar-refractivity contribution < 1.29 is 4.79 Å². The lowest BCUT2D eigenvalue weighted by Crippen LogP contribution is -2.28.